The van der Waals surface area contributed by atoms with Crippen molar-refractivity contribution in [1.29, 1.82) is 0 Å². The first-order chi connectivity index (χ1) is 19.8. The average molecular weight is 599 g/mol. The fraction of sp³-hybridized carbons (Fsp3) is 0.441. The van der Waals surface area contributed by atoms with Crippen LogP contribution in [0.15, 0.2) is 88.4 Å². The molecule has 5 nitrogen and oxygen atoms in total. The fourth-order valence-corrected chi connectivity index (χ4v) is 5.74. The van der Waals surface area contributed by atoms with E-state index in [1.54, 1.807) is 11.8 Å². The molecule has 0 radical (unpaired) electrons. The highest BCUT2D eigenvalue weighted by Gasteiger charge is 2.14. The summed E-state index contributed by atoms with van der Waals surface area (Å²) >= 11 is 1.66. The number of allylic oxidation sites excluding steroid dienone is 5. The Balaban J connectivity index is 1.83. The molecule has 0 spiro atoms. The molecule has 0 amide bonds. The number of hydrogen-bond acceptors (Lipinski definition) is 6. The lowest BCUT2D eigenvalue weighted by Gasteiger charge is -2.14. The van der Waals surface area contributed by atoms with Gasteiger partial charge >= 0.3 is 14.6 Å². The van der Waals surface area contributed by atoms with Gasteiger partial charge in [0.25, 0.3) is 0 Å². The smallest absolute Gasteiger partial charge is 0.344 e. The Morgan fingerprint density at radius 3 is 2.10 bits per heavy atom. The summed E-state index contributed by atoms with van der Waals surface area (Å²) < 4.78 is 22.3. The quantitative estimate of drug-likeness (QED) is 0.0527. The Kier molecular flexibility index (Phi) is 17.6. The predicted molar refractivity (Wildman–Crippen MR) is 174 cm³/mol. The summed E-state index contributed by atoms with van der Waals surface area (Å²) in [6.07, 6.45) is 12.0. The second kappa shape index (κ2) is 20.6. The van der Waals surface area contributed by atoms with Crippen LogP contribution in [0.4, 0.5) is 0 Å². The lowest BCUT2D eigenvalue weighted by atomic mass is 10.1. The molecular weight excluding hydrogens is 551 g/mol. The normalized spacial score (nSPS) is 12.1. The van der Waals surface area contributed by atoms with E-state index in [1.807, 2.05) is 62.4 Å². The molecule has 0 N–H and O–H groups in total. The average Bonchev–Trinajstić information content (AvgIpc) is 2.94. The topological polar surface area (TPSA) is 54.0 Å². The molecule has 0 unspecified atom stereocenters. The number of hydrogen-bond donors (Lipinski definition) is 0. The largest absolute Gasteiger partial charge is 0.423 e. The standard InChI is InChI=1S/C34H47O5PS/c1-7-36-40(37-8-2)38-25-23-30-19-21-31(22-20-30)39-34(35)32-17-9-10-18-33(32)41-26-24-29(6)16-12-15-28(5)14-11-13-27(3)4/h9-10,13,15,17-22,24H,7-8,11-12,14,16,23,25-26H2,1-6H3/b28-15+,29-24+. The van der Waals surface area contributed by atoms with Gasteiger partial charge < -0.3 is 18.3 Å². The molecule has 0 atom stereocenters. The van der Waals surface area contributed by atoms with Gasteiger partial charge in [-0.05, 0) is 103 Å². The van der Waals surface area contributed by atoms with Crippen molar-refractivity contribution in [3.8, 4) is 5.75 Å². The third-order valence-electron chi connectivity index (χ3n) is 6.09. The summed E-state index contributed by atoms with van der Waals surface area (Å²) in [5, 5.41) is 0. The Morgan fingerprint density at radius 2 is 1.44 bits per heavy atom. The van der Waals surface area contributed by atoms with Crippen LogP contribution in [0.3, 0.4) is 0 Å². The molecule has 2 aromatic carbocycles. The van der Waals surface area contributed by atoms with Gasteiger partial charge in [0, 0.05) is 10.6 Å². The van der Waals surface area contributed by atoms with Gasteiger partial charge in [0.05, 0.1) is 25.4 Å². The third kappa shape index (κ3) is 15.0. The van der Waals surface area contributed by atoms with E-state index in [9.17, 15) is 4.79 Å². The third-order valence-corrected chi connectivity index (χ3v) is 8.42. The first kappa shape index (κ1) is 35.0. The minimum absolute atomic E-state index is 0.349. The summed E-state index contributed by atoms with van der Waals surface area (Å²) in [5.41, 5.74) is 5.86. The molecule has 0 saturated heterocycles. The molecule has 0 saturated carbocycles. The van der Waals surface area contributed by atoms with Gasteiger partial charge in [-0.15, -0.1) is 11.8 Å². The molecule has 2 rings (SSSR count). The van der Waals surface area contributed by atoms with Gasteiger partial charge in [-0.2, -0.15) is 0 Å². The van der Waals surface area contributed by atoms with Crippen LogP contribution in [0, 0.1) is 0 Å². The Bertz CT molecular complexity index is 1130. The predicted octanol–water partition coefficient (Wildman–Crippen LogP) is 10.3. The zero-order chi connectivity index (χ0) is 29.9. The fourth-order valence-electron chi connectivity index (χ4n) is 3.82. The van der Waals surface area contributed by atoms with Gasteiger partial charge in [-0.1, -0.05) is 59.2 Å². The highest BCUT2D eigenvalue weighted by atomic mass is 32.2. The molecule has 0 aliphatic rings. The summed E-state index contributed by atoms with van der Waals surface area (Å²) in [7, 11) is -1.30. The van der Waals surface area contributed by atoms with Crippen molar-refractivity contribution in [2.75, 3.05) is 25.6 Å². The molecule has 224 valence electrons. The SMILES string of the molecule is CCOP(OCC)OCCc1ccc(OC(=O)c2ccccc2SC/C=C(\C)CC/C=C(\C)CCC=C(C)C)cc1. The molecule has 0 aliphatic heterocycles. The van der Waals surface area contributed by atoms with E-state index in [0.29, 0.717) is 37.6 Å². The molecular formula is C34H47O5PS. The minimum atomic E-state index is -1.30. The monoisotopic (exact) mass is 598 g/mol. The van der Waals surface area contributed by atoms with E-state index < -0.39 is 8.60 Å². The van der Waals surface area contributed by atoms with Crippen LogP contribution in [0.25, 0.3) is 0 Å². The van der Waals surface area contributed by atoms with Crippen molar-refractivity contribution in [3.63, 3.8) is 0 Å². The van der Waals surface area contributed by atoms with Crippen LogP contribution >= 0.6 is 20.4 Å². The molecule has 7 heteroatoms. The van der Waals surface area contributed by atoms with Crippen LogP contribution in [0.2, 0.25) is 0 Å². The second-order valence-electron chi connectivity index (χ2n) is 9.94. The van der Waals surface area contributed by atoms with Gasteiger partial charge in [0.2, 0.25) is 0 Å². The number of carbonyl (C=O) groups is 1. The Hall–Kier alpha value is -2.21. The molecule has 0 heterocycles. The lowest BCUT2D eigenvalue weighted by molar-refractivity contribution is 0.0731. The number of esters is 1. The van der Waals surface area contributed by atoms with Gasteiger partial charge in [-0.3, -0.25) is 0 Å². The van der Waals surface area contributed by atoms with Gasteiger partial charge in [-0.25, -0.2) is 4.79 Å². The zero-order valence-corrected chi connectivity index (χ0v) is 27.3. The van der Waals surface area contributed by atoms with Crippen molar-refractivity contribution < 1.29 is 23.1 Å². The summed E-state index contributed by atoms with van der Waals surface area (Å²) in [5.74, 6) is 0.980. The Labute approximate surface area is 253 Å². The molecule has 0 bridgehead atoms. The molecule has 0 aromatic heterocycles. The van der Waals surface area contributed by atoms with Crippen molar-refractivity contribution in [3.05, 3.63) is 94.6 Å². The van der Waals surface area contributed by atoms with E-state index in [0.717, 1.165) is 41.9 Å². The van der Waals surface area contributed by atoms with Gasteiger partial charge in [0.15, 0.2) is 0 Å². The number of thioether (sulfide) groups is 1. The highest BCUT2D eigenvalue weighted by molar-refractivity contribution is 7.99. The van der Waals surface area contributed by atoms with E-state index in [2.05, 4.69) is 45.9 Å². The highest BCUT2D eigenvalue weighted by Crippen LogP contribution is 2.39. The molecule has 0 aliphatic carbocycles. The second-order valence-corrected chi connectivity index (χ2v) is 12.2. The van der Waals surface area contributed by atoms with Crippen LogP contribution in [0.5, 0.6) is 5.75 Å². The van der Waals surface area contributed by atoms with Crippen LogP contribution in [0.1, 0.15) is 83.1 Å². The summed E-state index contributed by atoms with van der Waals surface area (Å²) in [6.45, 7) is 14.1. The first-order valence-corrected chi connectivity index (χ1v) is 16.6. The van der Waals surface area contributed by atoms with Crippen molar-refractivity contribution >= 4 is 26.3 Å². The maximum absolute atomic E-state index is 13.0. The van der Waals surface area contributed by atoms with Crippen molar-refractivity contribution in [1.82, 2.24) is 0 Å². The molecule has 2 aromatic rings. The maximum Gasteiger partial charge on any atom is 0.344 e. The summed E-state index contributed by atoms with van der Waals surface area (Å²) in [4.78, 5) is 13.9. The van der Waals surface area contributed by atoms with Crippen LogP contribution in [-0.4, -0.2) is 31.5 Å². The number of carbonyl (C=O) groups excluding carboxylic acids is 1. The van der Waals surface area contributed by atoms with E-state index >= 15 is 0 Å². The molecule has 0 fully saturated rings. The first-order valence-electron chi connectivity index (χ1n) is 14.5. The van der Waals surface area contributed by atoms with Crippen molar-refractivity contribution in [2.24, 2.45) is 0 Å². The molecule has 41 heavy (non-hydrogen) atoms. The number of ether oxygens (including phenoxy) is 1. The maximum atomic E-state index is 13.0. The lowest BCUT2D eigenvalue weighted by Crippen LogP contribution is -2.10. The zero-order valence-electron chi connectivity index (χ0n) is 25.6. The van der Waals surface area contributed by atoms with Crippen molar-refractivity contribution in [2.45, 2.75) is 78.5 Å². The number of rotatable bonds is 19. The van der Waals surface area contributed by atoms with Gasteiger partial charge in [0.1, 0.15) is 5.75 Å². The van der Waals surface area contributed by atoms with Crippen LogP contribution < -0.4 is 4.74 Å². The number of benzene rings is 2. The van der Waals surface area contributed by atoms with E-state index in [1.165, 1.54) is 16.7 Å². The minimum Gasteiger partial charge on any atom is -0.423 e. The Morgan fingerprint density at radius 1 is 0.805 bits per heavy atom. The van der Waals surface area contributed by atoms with E-state index in [4.69, 9.17) is 18.3 Å². The summed E-state index contributed by atoms with van der Waals surface area (Å²) in [6, 6.07) is 15.2. The van der Waals surface area contributed by atoms with Crippen LogP contribution in [-0.2, 0) is 20.0 Å². The van der Waals surface area contributed by atoms with E-state index in [-0.39, 0.29) is 5.97 Å².